The van der Waals surface area contributed by atoms with Gasteiger partial charge in [-0.25, -0.2) is 14.7 Å². The largest absolute Gasteiger partial charge is 0.423 e. The number of nitrogens with zero attached hydrogens (tertiary/aromatic N) is 3. The van der Waals surface area contributed by atoms with Crippen LogP contribution in [0, 0.1) is 0 Å². The Morgan fingerprint density at radius 3 is 2.45 bits per heavy atom. The van der Waals surface area contributed by atoms with E-state index < -0.39 is 11.7 Å². The van der Waals surface area contributed by atoms with Crippen LogP contribution in [0.2, 0.25) is 0 Å². The van der Waals surface area contributed by atoms with Gasteiger partial charge in [0.15, 0.2) is 5.82 Å². The van der Waals surface area contributed by atoms with Crippen LogP contribution < -0.4 is 15.9 Å². The van der Waals surface area contributed by atoms with Gasteiger partial charge in [0.05, 0.1) is 11.8 Å². The van der Waals surface area contributed by atoms with E-state index >= 15 is 0 Å². The maximum Gasteiger partial charge on any atom is 0.363 e. The van der Waals surface area contributed by atoms with Gasteiger partial charge in [-0.2, -0.15) is 15.2 Å². The second-order valence-electron chi connectivity index (χ2n) is 7.28. The second-order valence-corrected chi connectivity index (χ2v) is 7.28. The van der Waals surface area contributed by atoms with Crippen LogP contribution in [0.4, 0.5) is 5.82 Å². The second kappa shape index (κ2) is 8.47. The number of hydrogen-bond donors (Lipinski definition) is 2. The highest BCUT2D eigenvalue weighted by atomic mass is 16.5. The fraction of sp³-hybridized carbons (Fsp3) is 0.190. The zero-order valence-electron chi connectivity index (χ0n) is 16.3. The summed E-state index contributed by atoms with van der Waals surface area (Å²) in [5.74, 6) is 0.307. The maximum absolute atomic E-state index is 12.1. The van der Waals surface area contributed by atoms with Crippen molar-refractivity contribution in [1.82, 2.24) is 15.2 Å². The number of ether oxygens (including phenoxy) is 1. The smallest absolute Gasteiger partial charge is 0.363 e. The van der Waals surface area contributed by atoms with Crippen LogP contribution in [0.1, 0.15) is 42.4 Å². The SMILES string of the molecule is CC(C)(C)c1n[nH]c(=O)nc1N/N=C/c1ccc(OC(=O)c2ccccc2)cc1. The molecule has 0 atom stereocenters. The van der Waals surface area contributed by atoms with Crippen LogP contribution >= 0.6 is 0 Å². The molecule has 1 aromatic heterocycles. The maximum atomic E-state index is 12.1. The van der Waals surface area contributed by atoms with Gasteiger partial charge in [-0.15, -0.1) is 0 Å². The molecule has 2 N–H and O–H groups in total. The molecule has 0 bridgehead atoms. The Balaban J connectivity index is 1.66. The van der Waals surface area contributed by atoms with Gasteiger partial charge in [-0.3, -0.25) is 5.43 Å². The fourth-order valence-corrected chi connectivity index (χ4v) is 2.47. The van der Waals surface area contributed by atoms with E-state index in [0.29, 0.717) is 22.8 Å². The highest BCUT2D eigenvalue weighted by Crippen LogP contribution is 2.24. The normalized spacial score (nSPS) is 11.4. The summed E-state index contributed by atoms with van der Waals surface area (Å²) in [7, 11) is 0. The predicted octanol–water partition coefficient (Wildman–Crippen LogP) is 3.13. The number of rotatable bonds is 5. The molecule has 0 saturated carbocycles. The van der Waals surface area contributed by atoms with E-state index in [1.807, 2.05) is 26.8 Å². The van der Waals surface area contributed by atoms with Crippen LogP contribution in [-0.2, 0) is 5.41 Å². The lowest BCUT2D eigenvalue weighted by molar-refractivity contribution is 0.0735. The molecular weight excluding hydrogens is 370 g/mol. The van der Waals surface area contributed by atoms with Crippen molar-refractivity contribution in [2.45, 2.75) is 26.2 Å². The molecule has 1 heterocycles. The lowest BCUT2D eigenvalue weighted by atomic mass is 9.92. The van der Waals surface area contributed by atoms with Crippen molar-refractivity contribution in [3.05, 3.63) is 81.9 Å². The molecule has 8 nitrogen and oxygen atoms in total. The van der Waals surface area contributed by atoms with E-state index in [1.165, 1.54) is 0 Å². The van der Waals surface area contributed by atoms with Gasteiger partial charge in [0.1, 0.15) is 11.4 Å². The quantitative estimate of drug-likeness (QED) is 0.299. The van der Waals surface area contributed by atoms with Gasteiger partial charge < -0.3 is 4.74 Å². The van der Waals surface area contributed by atoms with Crippen LogP contribution in [-0.4, -0.2) is 27.4 Å². The molecular formula is C21H21N5O3. The summed E-state index contributed by atoms with van der Waals surface area (Å²) in [6.45, 7) is 5.87. The van der Waals surface area contributed by atoms with E-state index in [2.05, 4.69) is 25.7 Å². The van der Waals surface area contributed by atoms with Crippen LogP contribution in [0.15, 0.2) is 64.5 Å². The van der Waals surface area contributed by atoms with E-state index in [1.54, 1.807) is 54.7 Å². The van der Waals surface area contributed by atoms with Gasteiger partial charge >= 0.3 is 11.7 Å². The zero-order valence-corrected chi connectivity index (χ0v) is 16.3. The third-order valence-electron chi connectivity index (χ3n) is 3.90. The summed E-state index contributed by atoms with van der Waals surface area (Å²) in [5.41, 5.74) is 3.74. The Hall–Kier alpha value is -3.81. The first-order valence-corrected chi connectivity index (χ1v) is 8.96. The lowest BCUT2D eigenvalue weighted by Crippen LogP contribution is -2.24. The first-order chi connectivity index (χ1) is 13.8. The molecule has 29 heavy (non-hydrogen) atoms. The lowest BCUT2D eigenvalue weighted by Gasteiger charge is -2.18. The fourth-order valence-electron chi connectivity index (χ4n) is 2.47. The number of anilines is 1. The van der Waals surface area contributed by atoms with Crippen molar-refractivity contribution >= 4 is 18.0 Å². The Bertz CT molecular complexity index is 1070. The highest BCUT2D eigenvalue weighted by Gasteiger charge is 2.21. The summed E-state index contributed by atoms with van der Waals surface area (Å²) >= 11 is 0. The van der Waals surface area contributed by atoms with Crippen molar-refractivity contribution in [3.8, 4) is 5.75 Å². The zero-order chi connectivity index (χ0) is 20.9. The minimum atomic E-state index is -0.555. The topological polar surface area (TPSA) is 109 Å². The third kappa shape index (κ3) is 5.35. The number of hydrazone groups is 1. The number of benzene rings is 2. The number of hydrogen-bond acceptors (Lipinski definition) is 7. The van der Waals surface area contributed by atoms with Crippen LogP contribution in [0.25, 0.3) is 0 Å². The minimum absolute atomic E-state index is 0.297. The number of aromatic amines is 1. The van der Waals surface area contributed by atoms with Gasteiger partial charge in [0, 0.05) is 5.41 Å². The molecule has 0 aliphatic heterocycles. The number of H-pyrrole nitrogens is 1. The summed E-state index contributed by atoms with van der Waals surface area (Å²) in [6.07, 6.45) is 1.57. The molecule has 0 spiro atoms. The Morgan fingerprint density at radius 1 is 1.10 bits per heavy atom. The van der Waals surface area contributed by atoms with E-state index in [9.17, 15) is 9.59 Å². The molecule has 3 aromatic rings. The average Bonchev–Trinajstić information content (AvgIpc) is 2.69. The molecule has 0 unspecified atom stereocenters. The standard InChI is InChI=1S/C21H21N5O3/c1-21(2,3)17-18(23-20(28)26-24-17)25-22-13-14-9-11-16(12-10-14)29-19(27)15-7-5-4-6-8-15/h4-13H,1-3H3,(H2,23,25,26,28)/b22-13+. The van der Waals surface area contributed by atoms with Gasteiger partial charge in [-0.1, -0.05) is 39.0 Å². The highest BCUT2D eigenvalue weighted by molar-refractivity contribution is 5.91. The van der Waals surface area contributed by atoms with Crippen molar-refractivity contribution < 1.29 is 9.53 Å². The predicted molar refractivity (Wildman–Crippen MR) is 110 cm³/mol. The molecule has 0 fully saturated rings. The molecule has 0 amide bonds. The van der Waals surface area contributed by atoms with Crippen molar-refractivity contribution in [2.24, 2.45) is 5.10 Å². The van der Waals surface area contributed by atoms with Gasteiger partial charge in [0.25, 0.3) is 0 Å². The summed E-state index contributed by atoms with van der Waals surface area (Å²) in [4.78, 5) is 27.4. The van der Waals surface area contributed by atoms with E-state index in [-0.39, 0.29) is 5.41 Å². The number of esters is 1. The third-order valence-corrected chi connectivity index (χ3v) is 3.90. The molecule has 2 aromatic carbocycles. The first-order valence-electron chi connectivity index (χ1n) is 8.96. The number of carbonyl (C=O) groups excluding carboxylic acids is 1. The van der Waals surface area contributed by atoms with Crippen molar-refractivity contribution in [2.75, 3.05) is 5.43 Å². The molecule has 0 aliphatic rings. The Kier molecular flexibility index (Phi) is 5.82. The molecule has 8 heteroatoms. The number of aromatic nitrogens is 3. The molecule has 0 saturated heterocycles. The van der Waals surface area contributed by atoms with Gasteiger partial charge in [0.2, 0.25) is 0 Å². The Labute approximate surface area is 167 Å². The minimum Gasteiger partial charge on any atom is -0.423 e. The summed E-state index contributed by atoms with van der Waals surface area (Å²) in [5, 5.41) is 10.5. The molecule has 0 radical (unpaired) electrons. The van der Waals surface area contributed by atoms with Crippen LogP contribution in [0.5, 0.6) is 5.75 Å². The van der Waals surface area contributed by atoms with Gasteiger partial charge in [-0.05, 0) is 42.0 Å². The average molecular weight is 391 g/mol. The molecule has 3 rings (SSSR count). The van der Waals surface area contributed by atoms with E-state index in [4.69, 9.17) is 4.74 Å². The first kappa shape index (κ1) is 19.9. The summed E-state index contributed by atoms with van der Waals surface area (Å²) in [6, 6.07) is 15.6. The van der Waals surface area contributed by atoms with Crippen molar-refractivity contribution in [3.63, 3.8) is 0 Å². The van der Waals surface area contributed by atoms with E-state index in [0.717, 1.165) is 5.56 Å². The monoisotopic (exact) mass is 391 g/mol. The number of nitrogens with one attached hydrogen (secondary N) is 2. The van der Waals surface area contributed by atoms with Crippen LogP contribution in [0.3, 0.4) is 0 Å². The molecule has 0 aliphatic carbocycles. The van der Waals surface area contributed by atoms with Crippen molar-refractivity contribution in [1.29, 1.82) is 0 Å². The number of carbonyl (C=O) groups is 1. The molecule has 148 valence electrons. The summed E-state index contributed by atoms with van der Waals surface area (Å²) < 4.78 is 5.34. The Morgan fingerprint density at radius 2 is 1.79 bits per heavy atom.